The molecule has 0 aromatic carbocycles. The summed E-state index contributed by atoms with van der Waals surface area (Å²) < 4.78 is 0. The summed E-state index contributed by atoms with van der Waals surface area (Å²) in [5, 5.41) is 16.9. The average molecular weight is 299 g/mol. The van der Waals surface area contributed by atoms with Gasteiger partial charge in [-0.15, -0.1) is 0 Å². The smallest absolute Gasteiger partial charge is 0.315 e. The van der Waals surface area contributed by atoms with Gasteiger partial charge in [0.05, 0.1) is 6.42 Å². The number of carbonyl (C=O) groups is 3. The molecule has 1 rings (SSSR count). The molecule has 1 aliphatic rings. The molecule has 0 aliphatic heterocycles. The van der Waals surface area contributed by atoms with Gasteiger partial charge in [0.1, 0.15) is 0 Å². The topological polar surface area (TPSA) is 108 Å². The Morgan fingerprint density at radius 3 is 2.33 bits per heavy atom. The highest BCUT2D eigenvalue weighted by atomic mass is 16.4. The van der Waals surface area contributed by atoms with Crippen LogP contribution >= 0.6 is 0 Å². The number of carboxylic acids is 1. The highest BCUT2D eigenvalue weighted by Crippen LogP contribution is 2.33. The molecular formula is C14H25N3O4. The van der Waals surface area contributed by atoms with Crippen LogP contribution < -0.4 is 16.0 Å². The van der Waals surface area contributed by atoms with Crippen molar-refractivity contribution in [2.45, 2.75) is 58.0 Å². The van der Waals surface area contributed by atoms with Gasteiger partial charge in [-0.05, 0) is 39.5 Å². The van der Waals surface area contributed by atoms with E-state index in [1.165, 1.54) is 0 Å². The number of hydrogen-bond donors (Lipinski definition) is 4. The van der Waals surface area contributed by atoms with Crippen LogP contribution in [-0.4, -0.2) is 41.1 Å². The Morgan fingerprint density at radius 2 is 1.86 bits per heavy atom. The highest BCUT2D eigenvalue weighted by molar-refractivity contribution is 5.79. The molecule has 0 aromatic rings. The summed E-state index contributed by atoms with van der Waals surface area (Å²) in [4.78, 5) is 34.0. The lowest BCUT2D eigenvalue weighted by atomic mass is 10.1. The van der Waals surface area contributed by atoms with E-state index in [0.29, 0.717) is 0 Å². The van der Waals surface area contributed by atoms with Crippen molar-refractivity contribution in [2.24, 2.45) is 5.92 Å². The van der Waals surface area contributed by atoms with Gasteiger partial charge in [-0.1, -0.05) is 0 Å². The van der Waals surface area contributed by atoms with E-state index in [2.05, 4.69) is 16.0 Å². The average Bonchev–Trinajstić information content (AvgIpc) is 3.08. The van der Waals surface area contributed by atoms with E-state index in [9.17, 15) is 14.4 Å². The van der Waals surface area contributed by atoms with Gasteiger partial charge in [-0.3, -0.25) is 9.59 Å². The second kappa shape index (κ2) is 7.28. The maximum Gasteiger partial charge on any atom is 0.315 e. The van der Waals surface area contributed by atoms with E-state index >= 15 is 0 Å². The maximum atomic E-state index is 11.7. The molecule has 7 nitrogen and oxygen atoms in total. The minimum absolute atomic E-state index is 0.0669. The van der Waals surface area contributed by atoms with Crippen molar-refractivity contribution in [3.63, 3.8) is 0 Å². The Kier molecular flexibility index (Phi) is 5.99. The number of carboxylic acid groups (broad SMARTS) is 1. The summed E-state index contributed by atoms with van der Waals surface area (Å²) in [6.45, 7) is 5.88. The summed E-state index contributed by atoms with van der Waals surface area (Å²) >= 11 is 0. The van der Waals surface area contributed by atoms with Crippen LogP contribution in [0.15, 0.2) is 0 Å². The third kappa shape index (κ3) is 8.16. The van der Waals surface area contributed by atoms with Crippen molar-refractivity contribution < 1.29 is 19.5 Å². The predicted octanol–water partition coefficient (Wildman–Crippen LogP) is 0.844. The Bertz CT molecular complexity index is 400. The summed E-state index contributed by atoms with van der Waals surface area (Å²) in [6, 6.07) is -0.748. The van der Waals surface area contributed by atoms with Crippen LogP contribution in [0, 0.1) is 5.92 Å². The van der Waals surface area contributed by atoms with Gasteiger partial charge in [-0.2, -0.15) is 0 Å². The predicted molar refractivity (Wildman–Crippen MR) is 77.8 cm³/mol. The monoisotopic (exact) mass is 299 g/mol. The first-order chi connectivity index (χ1) is 9.67. The molecule has 0 saturated heterocycles. The zero-order valence-corrected chi connectivity index (χ0v) is 12.9. The summed E-state index contributed by atoms with van der Waals surface area (Å²) in [7, 11) is 0. The second-order valence-electron chi connectivity index (χ2n) is 6.49. The molecule has 1 aliphatic carbocycles. The summed E-state index contributed by atoms with van der Waals surface area (Å²) in [5.74, 6) is -0.792. The number of urea groups is 1. The standard InChI is InChI=1S/C14H25N3O4/c1-14(2,3)17-11(18)6-7-15-13(21)16-10(8-12(19)20)9-4-5-9/h9-10H,4-8H2,1-3H3,(H,17,18)(H,19,20)(H2,15,16,21). The lowest BCUT2D eigenvalue weighted by Crippen LogP contribution is -2.46. The van der Waals surface area contributed by atoms with Gasteiger partial charge in [0, 0.05) is 24.5 Å². The molecule has 0 radical (unpaired) electrons. The molecule has 1 saturated carbocycles. The van der Waals surface area contributed by atoms with Crippen LogP contribution in [0.4, 0.5) is 4.79 Å². The first-order valence-corrected chi connectivity index (χ1v) is 7.24. The number of nitrogens with one attached hydrogen (secondary N) is 3. The van der Waals surface area contributed by atoms with Crippen molar-refractivity contribution in [3.8, 4) is 0 Å². The fraction of sp³-hybridized carbons (Fsp3) is 0.786. The van der Waals surface area contributed by atoms with Crippen LogP contribution in [0.2, 0.25) is 0 Å². The van der Waals surface area contributed by atoms with Crippen LogP contribution in [0.5, 0.6) is 0 Å². The van der Waals surface area contributed by atoms with Gasteiger partial charge in [0.25, 0.3) is 0 Å². The Balaban J connectivity index is 2.23. The number of aliphatic carboxylic acids is 1. The third-order valence-electron chi connectivity index (χ3n) is 3.05. The first-order valence-electron chi connectivity index (χ1n) is 7.24. The van der Waals surface area contributed by atoms with E-state index in [1.54, 1.807) is 0 Å². The number of hydrogen-bond acceptors (Lipinski definition) is 3. The zero-order valence-electron chi connectivity index (χ0n) is 12.9. The quantitative estimate of drug-likeness (QED) is 0.559. The molecule has 0 heterocycles. The molecule has 0 aromatic heterocycles. The SMILES string of the molecule is CC(C)(C)NC(=O)CCNC(=O)NC(CC(=O)O)C1CC1. The van der Waals surface area contributed by atoms with Gasteiger partial charge >= 0.3 is 12.0 Å². The van der Waals surface area contributed by atoms with E-state index in [-0.39, 0.29) is 42.8 Å². The van der Waals surface area contributed by atoms with Gasteiger partial charge < -0.3 is 21.1 Å². The molecule has 7 heteroatoms. The van der Waals surface area contributed by atoms with E-state index < -0.39 is 12.0 Å². The lowest BCUT2D eigenvalue weighted by molar-refractivity contribution is -0.137. The number of amides is 3. The number of rotatable bonds is 7. The molecule has 4 N–H and O–H groups in total. The van der Waals surface area contributed by atoms with Crippen LogP contribution in [0.25, 0.3) is 0 Å². The molecule has 0 bridgehead atoms. The van der Waals surface area contributed by atoms with Crippen LogP contribution in [0.1, 0.15) is 46.5 Å². The molecule has 120 valence electrons. The van der Waals surface area contributed by atoms with E-state index in [4.69, 9.17) is 5.11 Å². The summed E-state index contributed by atoms with van der Waals surface area (Å²) in [5.41, 5.74) is -0.294. The van der Waals surface area contributed by atoms with Crippen molar-refractivity contribution >= 4 is 17.9 Å². The fourth-order valence-corrected chi connectivity index (χ4v) is 2.01. The second-order valence-corrected chi connectivity index (χ2v) is 6.49. The normalized spacial score (nSPS) is 16.0. The van der Waals surface area contributed by atoms with Crippen LogP contribution in [-0.2, 0) is 9.59 Å². The Hall–Kier alpha value is -1.79. The van der Waals surface area contributed by atoms with Crippen molar-refractivity contribution in [2.75, 3.05) is 6.54 Å². The van der Waals surface area contributed by atoms with Crippen LogP contribution in [0.3, 0.4) is 0 Å². The van der Waals surface area contributed by atoms with Crippen molar-refractivity contribution in [3.05, 3.63) is 0 Å². The molecule has 21 heavy (non-hydrogen) atoms. The fourth-order valence-electron chi connectivity index (χ4n) is 2.01. The lowest BCUT2D eigenvalue weighted by Gasteiger charge is -2.20. The summed E-state index contributed by atoms with van der Waals surface area (Å²) in [6.07, 6.45) is 2.03. The first kappa shape index (κ1) is 17.3. The molecule has 3 amide bonds. The minimum Gasteiger partial charge on any atom is -0.481 e. The molecular weight excluding hydrogens is 274 g/mol. The largest absolute Gasteiger partial charge is 0.481 e. The van der Waals surface area contributed by atoms with Gasteiger partial charge in [0.15, 0.2) is 0 Å². The maximum absolute atomic E-state index is 11.7. The van der Waals surface area contributed by atoms with Gasteiger partial charge in [-0.25, -0.2) is 4.79 Å². The molecule has 0 spiro atoms. The molecule has 1 unspecified atom stereocenters. The minimum atomic E-state index is -0.920. The third-order valence-corrected chi connectivity index (χ3v) is 3.05. The molecule has 1 atom stereocenters. The van der Waals surface area contributed by atoms with E-state index in [1.807, 2.05) is 20.8 Å². The number of carbonyl (C=O) groups excluding carboxylic acids is 2. The highest BCUT2D eigenvalue weighted by Gasteiger charge is 2.33. The Labute approximate surface area is 124 Å². The zero-order chi connectivity index (χ0) is 16.0. The Morgan fingerprint density at radius 1 is 1.24 bits per heavy atom. The van der Waals surface area contributed by atoms with Crippen molar-refractivity contribution in [1.82, 2.24) is 16.0 Å². The van der Waals surface area contributed by atoms with Gasteiger partial charge in [0.2, 0.25) is 5.91 Å². The van der Waals surface area contributed by atoms with E-state index in [0.717, 1.165) is 12.8 Å². The molecule has 1 fully saturated rings. The van der Waals surface area contributed by atoms with Crippen molar-refractivity contribution in [1.29, 1.82) is 0 Å².